The zero-order valence-electron chi connectivity index (χ0n) is 6.30. The molecule has 1 aromatic rings. The minimum atomic E-state index is 0.789. The van der Waals surface area contributed by atoms with Gasteiger partial charge in [-0.05, 0) is 18.2 Å². The molecular formula is C8H10INO. The maximum Gasteiger partial charge on any atom is 0.122 e. The van der Waals surface area contributed by atoms with Gasteiger partial charge in [0.1, 0.15) is 5.75 Å². The molecule has 0 bridgehead atoms. The second-order valence-corrected chi connectivity index (χ2v) is 2.97. The summed E-state index contributed by atoms with van der Waals surface area (Å²) in [6.07, 6.45) is 0. The van der Waals surface area contributed by atoms with Crippen LogP contribution in [0, 0.1) is 0 Å². The molecule has 1 aromatic carbocycles. The molecule has 1 rings (SSSR count). The van der Waals surface area contributed by atoms with E-state index in [2.05, 4.69) is 22.6 Å². The zero-order chi connectivity index (χ0) is 8.27. The van der Waals surface area contributed by atoms with E-state index < -0.39 is 0 Å². The minimum Gasteiger partial charge on any atom is -0.496 e. The van der Waals surface area contributed by atoms with Gasteiger partial charge in [-0.25, -0.2) is 0 Å². The van der Waals surface area contributed by atoms with Gasteiger partial charge in [0.15, 0.2) is 0 Å². The lowest BCUT2D eigenvalue weighted by Gasteiger charge is -2.05. The summed E-state index contributed by atoms with van der Waals surface area (Å²) in [4.78, 5) is 0. The number of nitrogens with two attached hydrogens (primary N) is 1. The van der Waals surface area contributed by atoms with Crippen LogP contribution < -0.4 is 10.5 Å². The highest BCUT2D eigenvalue weighted by Gasteiger charge is 1.99. The predicted molar refractivity (Wildman–Crippen MR) is 55.1 cm³/mol. The molecule has 0 aliphatic carbocycles. The summed E-state index contributed by atoms with van der Waals surface area (Å²) in [5, 5.41) is 0. The molecule has 0 saturated carbocycles. The molecule has 0 aliphatic heterocycles. The first-order valence-corrected chi connectivity index (χ1v) is 4.79. The van der Waals surface area contributed by atoms with Crippen molar-refractivity contribution in [2.45, 2.75) is 4.43 Å². The highest BCUT2D eigenvalue weighted by atomic mass is 127. The van der Waals surface area contributed by atoms with Crippen LogP contribution in [0.3, 0.4) is 0 Å². The number of benzene rings is 1. The molecule has 2 nitrogen and oxygen atoms in total. The Labute approximate surface area is 79.9 Å². The van der Waals surface area contributed by atoms with E-state index in [1.165, 1.54) is 0 Å². The second kappa shape index (κ2) is 3.80. The normalized spacial score (nSPS) is 9.64. The highest BCUT2D eigenvalue weighted by molar-refractivity contribution is 14.1. The van der Waals surface area contributed by atoms with Crippen LogP contribution in [0.25, 0.3) is 0 Å². The Bertz CT molecular complexity index is 250. The standard InChI is InChI=1S/C8H10INO/c1-11-8-3-2-7(10)4-6(8)5-9/h2-4H,5,10H2,1H3. The van der Waals surface area contributed by atoms with E-state index in [0.717, 1.165) is 21.4 Å². The van der Waals surface area contributed by atoms with Gasteiger partial charge < -0.3 is 10.5 Å². The van der Waals surface area contributed by atoms with Crippen molar-refractivity contribution in [3.8, 4) is 5.75 Å². The molecule has 0 radical (unpaired) electrons. The Balaban J connectivity index is 3.06. The monoisotopic (exact) mass is 263 g/mol. The van der Waals surface area contributed by atoms with Crippen molar-refractivity contribution >= 4 is 28.3 Å². The number of alkyl halides is 1. The number of ether oxygens (including phenoxy) is 1. The zero-order valence-corrected chi connectivity index (χ0v) is 8.46. The van der Waals surface area contributed by atoms with Crippen molar-refractivity contribution < 1.29 is 4.74 Å². The number of nitrogen functional groups attached to an aromatic ring is 1. The van der Waals surface area contributed by atoms with Crippen LogP contribution in [0.1, 0.15) is 5.56 Å². The summed E-state index contributed by atoms with van der Waals surface area (Å²) in [6, 6.07) is 5.67. The largest absolute Gasteiger partial charge is 0.496 e. The molecule has 0 spiro atoms. The summed E-state index contributed by atoms with van der Waals surface area (Å²) >= 11 is 2.28. The number of rotatable bonds is 2. The molecule has 0 atom stereocenters. The summed E-state index contributed by atoms with van der Waals surface area (Å²) in [7, 11) is 1.67. The van der Waals surface area contributed by atoms with E-state index >= 15 is 0 Å². The van der Waals surface area contributed by atoms with Gasteiger partial charge in [0, 0.05) is 15.7 Å². The van der Waals surface area contributed by atoms with Gasteiger partial charge in [0.25, 0.3) is 0 Å². The second-order valence-electron chi connectivity index (χ2n) is 2.20. The topological polar surface area (TPSA) is 35.2 Å². The predicted octanol–water partition coefficient (Wildman–Crippen LogP) is 2.21. The maximum atomic E-state index is 5.60. The highest BCUT2D eigenvalue weighted by Crippen LogP contribution is 2.22. The van der Waals surface area contributed by atoms with Crippen LogP contribution in [0.4, 0.5) is 5.69 Å². The molecular weight excluding hydrogens is 253 g/mol. The number of methoxy groups -OCH3 is 1. The number of hydrogen-bond donors (Lipinski definition) is 1. The van der Waals surface area contributed by atoms with E-state index in [1.54, 1.807) is 7.11 Å². The molecule has 3 heteroatoms. The minimum absolute atomic E-state index is 0.789. The molecule has 2 N–H and O–H groups in total. The maximum absolute atomic E-state index is 5.60. The van der Waals surface area contributed by atoms with Crippen molar-refractivity contribution in [2.75, 3.05) is 12.8 Å². The molecule has 0 amide bonds. The third-order valence-corrected chi connectivity index (χ3v) is 2.27. The third kappa shape index (κ3) is 1.99. The van der Waals surface area contributed by atoms with Gasteiger partial charge in [0.2, 0.25) is 0 Å². The van der Waals surface area contributed by atoms with Gasteiger partial charge in [-0.1, -0.05) is 22.6 Å². The van der Waals surface area contributed by atoms with Crippen molar-refractivity contribution in [3.63, 3.8) is 0 Å². The SMILES string of the molecule is COc1ccc(N)cc1CI. The van der Waals surface area contributed by atoms with Crippen molar-refractivity contribution in [3.05, 3.63) is 23.8 Å². The Morgan fingerprint density at radius 2 is 2.27 bits per heavy atom. The Morgan fingerprint density at radius 1 is 1.55 bits per heavy atom. The van der Waals surface area contributed by atoms with Crippen LogP contribution in [-0.2, 0) is 4.43 Å². The third-order valence-electron chi connectivity index (χ3n) is 1.45. The first kappa shape index (κ1) is 8.64. The van der Waals surface area contributed by atoms with Crippen LogP contribution in [-0.4, -0.2) is 7.11 Å². The van der Waals surface area contributed by atoms with Gasteiger partial charge in [-0.15, -0.1) is 0 Å². The Hall–Kier alpha value is -0.450. The molecule has 0 aromatic heterocycles. The number of anilines is 1. The van der Waals surface area contributed by atoms with Crippen LogP contribution in [0.2, 0.25) is 0 Å². The molecule has 60 valence electrons. The van der Waals surface area contributed by atoms with Gasteiger partial charge in [-0.3, -0.25) is 0 Å². The summed E-state index contributed by atoms with van der Waals surface area (Å²) < 4.78 is 6.05. The lowest BCUT2D eigenvalue weighted by molar-refractivity contribution is 0.411. The molecule has 0 unspecified atom stereocenters. The fraction of sp³-hybridized carbons (Fsp3) is 0.250. The molecule has 11 heavy (non-hydrogen) atoms. The van der Waals surface area contributed by atoms with E-state index in [4.69, 9.17) is 10.5 Å². The van der Waals surface area contributed by atoms with Crippen LogP contribution in [0.15, 0.2) is 18.2 Å². The fourth-order valence-corrected chi connectivity index (χ4v) is 1.50. The Kier molecular flexibility index (Phi) is 2.99. The van der Waals surface area contributed by atoms with Gasteiger partial charge >= 0.3 is 0 Å². The van der Waals surface area contributed by atoms with Crippen molar-refractivity contribution in [1.29, 1.82) is 0 Å². The lowest BCUT2D eigenvalue weighted by Crippen LogP contribution is -1.91. The van der Waals surface area contributed by atoms with E-state index in [9.17, 15) is 0 Å². The smallest absolute Gasteiger partial charge is 0.122 e. The summed E-state index contributed by atoms with van der Waals surface area (Å²) in [6.45, 7) is 0. The van der Waals surface area contributed by atoms with Crippen molar-refractivity contribution in [1.82, 2.24) is 0 Å². The van der Waals surface area contributed by atoms with Crippen LogP contribution >= 0.6 is 22.6 Å². The number of hydrogen-bond acceptors (Lipinski definition) is 2. The van der Waals surface area contributed by atoms with E-state index in [-0.39, 0.29) is 0 Å². The average molecular weight is 263 g/mol. The van der Waals surface area contributed by atoms with E-state index in [1.807, 2.05) is 18.2 Å². The molecule has 0 saturated heterocycles. The van der Waals surface area contributed by atoms with Crippen LogP contribution in [0.5, 0.6) is 5.75 Å². The number of halogens is 1. The first-order valence-electron chi connectivity index (χ1n) is 3.26. The quantitative estimate of drug-likeness (QED) is 0.504. The first-order chi connectivity index (χ1) is 5.27. The Morgan fingerprint density at radius 3 is 2.82 bits per heavy atom. The molecule has 0 aliphatic rings. The molecule has 0 heterocycles. The van der Waals surface area contributed by atoms with Gasteiger partial charge in [0.05, 0.1) is 7.11 Å². The van der Waals surface area contributed by atoms with Crippen molar-refractivity contribution in [2.24, 2.45) is 0 Å². The summed E-state index contributed by atoms with van der Waals surface area (Å²) in [5.41, 5.74) is 7.53. The van der Waals surface area contributed by atoms with E-state index in [0.29, 0.717) is 0 Å². The molecule has 0 fully saturated rings. The van der Waals surface area contributed by atoms with Gasteiger partial charge in [-0.2, -0.15) is 0 Å². The average Bonchev–Trinajstić information content (AvgIpc) is 2.04. The fourth-order valence-electron chi connectivity index (χ4n) is 0.903. The summed E-state index contributed by atoms with van der Waals surface area (Å²) in [5.74, 6) is 0.911. The lowest BCUT2D eigenvalue weighted by atomic mass is 10.2.